The molecule has 31 heavy (non-hydrogen) atoms. The van der Waals surface area contributed by atoms with Crippen LogP contribution in [0.25, 0.3) is 0 Å². The third-order valence-corrected chi connectivity index (χ3v) is 6.32. The predicted molar refractivity (Wildman–Crippen MR) is 118 cm³/mol. The van der Waals surface area contributed by atoms with Gasteiger partial charge in [0, 0.05) is 5.02 Å². The van der Waals surface area contributed by atoms with Crippen molar-refractivity contribution in [2.75, 3.05) is 9.96 Å². The molecule has 2 amide bonds. The lowest BCUT2D eigenvalue weighted by atomic mass is 9.90. The molecule has 0 aliphatic carbocycles. The average Bonchev–Trinajstić information content (AvgIpc) is 3.27. The minimum absolute atomic E-state index is 0.268. The number of carbonyl (C=O) groups is 2. The average molecular weight is 502 g/mol. The molecule has 0 N–H and O–H groups in total. The molecule has 0 radical (unpaired) electrons. The topological polar surface area (TPSA) is 49.9 Å². The van der Waals surface area contributed by atoms with Crippen molar-refractivity contribution in [1.29, 1.82) is 0 Å². The second kappa shape index (κ2) is 7.75. The predicted octanol–water partition coefficient (Wildman–Crippen LogP) is 5.29. The largest absolute Gasteiger partial charge is 0.273 e. The quantitative estimate of drug-likeness (QED) is 0.458. The van der Waals surface area contributed by atoms with E-state index in [2.05, 4.69) is 15.9 Å². The number of benzene rings is 3. The zero-order valence-electron chi connectivity index (χ0n) is 15.9. The van der Waals surface area contributed by atoms with Crippen LogP contribution in [0.15, 0.2) is 77.3 Å². The Bertz CT molecular complexity index is 1190. The lowest BCUT2D eigenvalue weighted by Gasteiger charge is -2.29. The maximum Gasteiger partial charge on any atom is 0.266 e. The third kappa shape index (κ3) is 3.33. The van der Waals surface area contributed by atoms with Gasteiger partial charge in [-0.25, -0.2) is 14.4 Å². The van der Waals surface area contributed by atoms with Crippen LogP contribution >= 0.6 is 27.5 Å². The Morgan fingerprint density at radius 1 is 0.903 bits per heavy atom. The number of carbonyl (C=O) groups excluding carboxylic acids is 2. The third-order valence-electron chi connectivity index (χ3n) is 5.48. The van der Waals surface area contributed by atoms with Crippen molar-refractivity contribution in [3.8, 4) is 0 Å². The molecular formula is C23H15BrClFN2O3. The number of fused-ring (bicyclic) bond motifs is 1. The second-order valence-electron chi connectivity index (χ2n) is 7.32. The van der Waals surface area contributed by atoms with Gasteiger partial charge < -0.3 is 0 Å². The van der Waals surface area contributed by atoms with Crippen molar-refractivity contribution in [2.24, 2.45) is 5.92 Å². The van der Waals surface area contributed by atoms with E-state index in [1.807, 2.05) is 30.3 Å². The standard InChI is InChI=1S/C23H15BrClFN2O3/c24-17-11-13(9-10-18(17)26)20-19-21(31-28(20)15-6-2-1-3-7-15)23(30)27(22(19)29)16-8-4-5-14(25)12-16/h1-12,19-21H/t19-,20-,21+/m0/s1. The van der Waals surface area contributed by atoms with Crippen LogP contribution in [0.4, 0.5) is 15.8 Å². The van der Waals surface area contributed by atoms with Crippen LogP contribution in [-0.4, -0.2) is 17.9 Å². The van der Waals surface area contributed by atoms with Crippen LogP contribution in [0.3, 0.4) is 0 Å². The molecule has 156 valence electrons. The molecule has 2 saturated heterocycles. The molecular weight excluding hydrogens is 487 g/mol. The fourth-order valence-corrected chi connectivity index (χ4v) is 4.70. The Labute approximate surface area is 191 Å². The molecule has 5 rings (SSSR count). The van der Waals surface area contributed by atoms with Gasteiger partial charge in [0.15, 0.2) is 6.10 Å². The van der Waals surface area contributed by atoms with Crippen molar-refractivity contribution < 1.29 is 18.8 Å². The number of hydrogen-bond acceptors (Lipinski definition) is 4. The van der Waals surface area contributed by atoms with Gasteiger partial charge in [0.2, 0.25) is 5.91 Å². The number of imide groups is 1. The van der Waals surface area contributed by atoms with Crippen LogP contribution in [0.5, 0.6) is 0 Å². The molecule has 3 aromatic carbocycles. The van der Waals surface area contributed by atoms with E-state index in [0.717, 1.165) is 4.90 Å². The molecule has 0 aromatic heterocycles. The summed E-state index contributed by atoms with van der Waals surface area (Å²) >= 11 is 9.28. The summed E-state index contributed by atoms with van der Waals surface area (Å²) in [5.41, 5.74) is 1.74. The van der Waals surface area contributed by atoms with Gasteiger partial charge >= 0.3 is 0 Å². The first-order valence-corrected chi connectivity index (χ1v) is 10.7. The zero-order valence-corrected chi connectivity index (χ0v) is 18.3. The molecule has 2 aliphatic heterocycles. The number of rotatable bonds is 3. The van der Waals surface area contributed by atoms with Crippen LogP contribution in [0.1, 0.15) is 11.6 Å². The van der Waals surface area contributed by atoms with E-state index < -0.39 is 29.8 Å². The van der Waals surface area contributed by atoms with Gasteiger partial charge in [-0.2, -0.15) is 0 Å². The minimum Gasteiger partial charge on any atom is -0.273 e. The highest BCUT2D eigenvalue weighted by Crippen LogP contribution is 2.48. The van der Waals surface area contributed by atoms with Crippen molar-refractivity contribution in [1.82, 2.24) is 0 Å². The first kappa shape index (κ1) is 20.2. The molecule has 8 heteroatoms. The van der Waals surface area contributed by atoms with E-state index in [0.29, 0.717) is 22.0 Å². The summed E-state index contributed by atoms with van der Waals surface area (Å²) < 4.78 is 14.2. The summed E-state index contributed by atoms with van der Waals surface area (Å²) in [4.78, 5) is 33.9. The first-order valence-electron chi connectivity index (χ1n) is 9.55. The highest BCUT2D eigenvalue weighted by atomic mass is 79.9. The summed E-state index contributed by atoms with van der Waals surface area (Å²) in [6, 6.07) is 19.7. The SMILES string of the molecule is O=C1[C@@H]2[C@@H](ON(c3ccccc3)[C@H]2c2ccc(F)c(Br)c2)C(=O)N1c1cccc(Cl)c1. The summed E-state index contributed by atoms with van der Waals surface area (Å²) in [7, 11) is 0. The van der Waals surface area contributed by atoms with E-state index in [9.17, 15) is 14.0 Å². The van der Waals surface area contributed by atoms with Gasteiger partial charge in [-0.1, -0.05) is 41.9 Å². The number of hydroxylamine groups is 1. The van der Waals surface area contributed by atoms with Crippen LogP contribution < -0.4 is 9.96 Å². The molecule has 2 aliphatic rings. The van der Waals surface area contributed by atoms with E-state index in [4.69, 9.17) is 16.4 Å². The molecule has 2 heterocycles. The van der Waals surface area contributed by atoms with Gasteiger partial charge in [-0.15, -0.1) is 0 Å². The van der Waals surface area contributed by atoms with Crippen molar-refractivity contribution in [3.05, 3.63) is 93.7 Å². The van der Waals surface area contributed by atoms with Crippen LogP contribution in [0.2, 0.25) is 5.02 Å². The normalized spacial score (nSPS) is 22.9. The Kier molecular flexibility index (Phi) is 5.04. The number of para-hydroxylation sites is 1. The summed E-state index contributed by atoms with van der Waals surface area (Å²) in [5, 5.41) is 1.99. The number of amides is 2. The molecule has 0 unspecified atom stereocenters. The lowest BCUT2D eigenvalue weighted by Crippen LogP contribution is -2.37. The number of anilines is 2. The Balaban J connectivity index is 1.61. The molecule has 5 nitrogen and oxygen atoms in total. The van der Waals surface area contributed by atoms with Gasteiger partial charge in [-0.05, 0) is 64.0 Å². The highest BCUT2D eigenvalue weighted by molar-refractivity contribution is 9.10. The summed E-state index contributed by atoms with van der Waals surface area (Å²) in [5.74, 6) is -2.06. The monoisotopic (exact) mass is 500 g/mol. The van der Waals surface area contributed by atoms with Gasteiger partial charge in [0.1, 0.15) is 11.7 Å². The zero-order chi connectivity index (χ0) is 21.7. The Hall–Kier alpha value is -2.74. The maximum atomic E-state index is 13.9. The van der Waals surface area contributed by atoms with E-state index in [1.165, 1.54) is 6.07 Å². The Morgan fingerprint density at radius 2 is 1.65 bits per heavy atom. The van der Waals surface area contributed by atoms with Crippen LogP contribution in [-0.2, 0) is 14.4 Å². The van der Waals surface area contributed by atoms with Gasteiger partial charge in [0.05, 0.1) is 21.9 Å². The fourth-order valence-electron chi connectivity index (χ4n) is 4.12. The van der Waals surface area contributed by atoms with Crippen LogP contribution in [0, 0.1) is 11.7 Å². The van der Waals surface area contributed by atoms with E-state index in [1.54, 1.807) is 41.5 Å². The van der Waals surface area contributed by atoms with Crippen molar-refractivity contribution in [2.45, 2.75) is 12.1 Å². The number of nitrogens with zero attached hydrogens (tertiary/aromatic N) is 2. The summed E-state index contributed by atoms with van der Waals surface area (Å²) in [6.45, 7) is 0. The smallest absolute Gasteiger partial charge is 0.266 e. The minimum atomic E-state index is -1.000. The molecule has 3 aromatic rings. The molecule has 0 saturated carbocycles. The second-order valence-corrected chi connectivity index (χ2v) is 8.61. The summed E-state index contributed by atoms with van der Waals surface area (Å²) in [6.07, 6.45) is -1.000. The Morgan fingerprint density at radius 3 is 2.35 bits per heavy atom. The highest BCUT2D eigenvalue weighted by Gasteiger charge is 2.60. The van der Waals surface area contributed by atoms with E-state index >= 15 is 0 Å². The van der Waals surface area contributed by atoms with Crippen molar-refractivity contribution >= 4 is 50.7 Å². The van der Waals surface area contributed by atoms with Gasteiger partial charge in [-0.3, -0.25) is 14.4 Å². The number of halogens is 3. The molecule has 2 fully saturated rings. The maximum absolute atomic E-state index is 13.9. The van der Waals surface area contributed by atoms with E-state index in [-0.39, 0.29) is 10.4 Å². The fraction of sp³-hybridized carbons (Fsp3) is 0.130. The lowest BCUT2D eigenvalue weighted by molar-refractivity contribution is -0.126. The molecule has 3 atom stereocenters. The number of hydrogen-bond donors (Lipinski definition) is 0. The first-order chi connectivity index (χ1) is 15.0. The van der Waals surface area contributed by atoms with Gasteiger partial charge in [0.25, 0.3) is 5.91 Å². The molecule has 0 bridgehead atoms. The molecule has 0 spiro atoms. The van der Waals surface area contributed by atoms with Crippen molar-refractivity contribution in [3.63, 3.8) is 0 Å².